The van der Waals surface area contributed by atoms with Crippen molar-refractivity contribution in [2.75, 3.05) is 31.1 Å². The second-order valence-electron chi connectivity index (χ2n) is 7.08. The van der Waals surface area contributed by atoms with Gasteiger partial charge in [-0.1, -0.05) is 29.8 Å². The quantitative estimate of drug-likeness (QED) is 0.580. The molecule has 1 aliphatic rings. The minimum absolute atomic E-state index is 0.0679. The van der Waals surface area contributed by atoms with Gasteiger partial charge in [0.05, 0.1) is 13.1 Å². The number of allylic oxidation sites excluding steroid dienone is 2. The van der Waals surface area contributed by atoms with Gasteiger partial charge in [-0.3, -0.25) is 4.79 Å². The van der Waals surface area contributed by atoms with Crippen LogP contribution in [0.4, 0.5) is 5.69 Å². The first kappa shape index (κ1) is 22.4. The van der Waals surface area contributed by atoms with E-state index in [1.54, 1.807) is 11.0 Å². The molecule has 1 saturated heterocycles. The highest BCUT2D eigenvalue weighted by Crippen LogP contribution is 2.20. The van der Waals surface area contributed by atoms with Gasteiger partial charge in [-0.2, -0.15) is 0 Å². The van der Waals surface area contributed by atoms with Crippen LogP contribution in [0.5, 0.6) is 0 Å². The smallest absolute Gasteiger partial charge is 0.337 e. The van der Waals surface area contributed by atoms with Gasteiger partial charge in [-0.25, -0.2) is 28.1 Å². The van der Waals surface area contributed by atoms with Crippen LogP contribution in [-0.2, 0) is 24.4 Å². The fourth-order valence-corrected chi connectivity index (χ4v) is 3.70. The van der Waals surface area contributed by atoms with Crippen molar-refractivity contribution in [3.05, 3.63) is 86.1 Å². The first-order chi connectivity index (χ1) is 14.9. The Hall–Kier alpha value is -3.33. The second kappa shape index (κ2) is 9.65. The molecule has 3 rings (SSSR count). The minimum Gasteiger partial charge on any atom is -0.368 e. The lowest BCUT2D eigenvalue weighted by molar-refractivity contribution is -0.132. The maximum absolute atomic E-state index is 12.8. The number of piperazine rings is 1. The van der Waals surface area contributed by atoms with Gasteiger partial charge in [0.1, 0.15) is 6.54 Å². The maximum atomic E-state index is 12.8. The Morgan fingerprint density at radius 2 is 1.45 bits per heavy atom. The standard InChI is InChI=1S/C21H24ClN5O4/c1-3-8-25-19(29)26(9-4-2)21(31)27(20(25)30)15-18(28)24-12-10-23(11-13-24)17-7-5-6-16(22)14-17/h3-7,14H,1-2,8-13,15H2. The van der Waals surface area contributed by atoms with Gasteiger partial charge in [-0.05, 0) is 18.2 Å². The lowest BCUT2D eigenvalue weighted by Gasteiger charge is -2.36. The van der Waals surface area contributed by atoms with Crippen LogP contribution in [0.15, 0.2) is 64.0 Å². The molecule has 0 unspecified atom stereocenters. The van der Waals surface area contributed by atoms with Crippen LogP contribution in [0.2, 0.25) is 5.02 Å². The third-order valence-electron chi connectivity index (χ3n) is 5.11. The van der Waals surface area contributed by atoms with Crippen molar-refractivity contribution in [3.8, 4) is 0 Å². The molecular formula is C21H24ClN5O4. The predicted molar refractivity (Wildman–Crippen MR) is 120 cm³/mol. The van der Waals surface area contributed by atoms with Gasteiger partial charge >= 0.3 is 17.1 Å². The Labute approximate surface area is 183 Å². The average Bonchev–Trinajstić information content (AvgIpc) is 2.77. The third-order valence-corrected chi connectivity index (χ3v) is 5.34. The van der Waals surface area contributed by atoms with Gasteiger partial charge in [-0.15, -0.1) is 13.2 Å². The molecule has 0 N–H and O–H groups in total. The molecule has 9 nitrogen and oxygen atoms in total. The van der Waals surface area contributed by atoms with E-state index >= 15 is 0 Å². The number of hydrogen-bond donors (Lipinski definition) is 0. The number of rotatable bonds is 7. The highest BCUT2D eigenvalue weighted by atomic mass is 35.5. The molecule has 31 heavy (non-hydrogen) atoms. The topological polar surface area (TPSA) is 89.5 Å². The van der Waals surface area contributed by atoms with E-state index in [1.807, 2.05) is 18.2 Å². The van der Waals surface area contributed by atoms with Gasteiger partial charge in [0.15, 0.2) is 0 Å². The van der Waals surface area contributed by atoms with Crippen molar-refractivity contribution in [2.45, 2.75) is 19.6 Å². The molecule has 164 valence electrons. The van der Waals surface area contributed by atoms with Crippen LogP contribution in [-0.4, -0.2) is 50.7 Å². The molecule has 0 radical (unpaired) electrons. The zero-order chi connectivity index (χ0) is 22.5. The zero-order valence-corrected chi connectivity index (χ0v) is 17.8. The van der Waals surface area contributed by atoms with Gasteiger partial charge in [0.2, 0.25) is 5.91 Å². The third kappa shape index (κ3) is 4.72. The van der Waals surface area contributed by atoms with Crippen LogP contribution in [0, 0.1) is 0 Å². The number of anilines is 1. The van der Waals surface area contributed by atoms with E-state index in [2.05, 4.69) is 18.1 Å². The van der Waals surface area contributed by atoms with E-state index in [4.69, 9.17) is 11.6 Å². The molecule has 10 heteroatoms. The molecule has 0 bridgehead atoms. The molecule has 1 aromatic heterocycles. The molecule has 0 atom stereocenters. The van der Waals surface area contributed by atoms with Crippen LogP contribution in [0.3, 0.4) is 0 Å². The van der Waals surface area contributed by atoms with Gasteiger partial charge < -0.3 is 9.80 Å². The number of carbonyl (C=O) groups is 1. The summed E-state index contributed by atoms with van der Waals surface area (Å²) in [5, 5.41) is 0.640. The maximum Gasteiger partial charge on any atom is 0.337 e. The van der Waals surface area contributed by atoms with E-state index in [-0.39, 0.29) is 19.0 Å². The van der Waals surface area contributed by atoms with E-state index in [0.29, 0.717) is 31.2 Å². The lowest BCUT2D eigenvalue weighted by atomic mass is 10.2. The number of amides is 1. The number of benzene rings is 1. The first-order valence-electron chi connectivity index (χ1n) is 9.82. The summed E-state index contributed by atoms with van der Waals surface area (Å²) in [5.74, 6) is -0.362. The van der Waals surface area contributed by atoms with Crippen LogP contribution >= 0.6 is 11.6 Å². The highest BCUT2D eigenvalue weighted by molar-refractivity contribution is 6.30. The second-order valence-corrected chi connectivity index (χ2v) is 7.52. The molecule has 1 fully saturated rings. The Bertz CT molecular complexity index is 1120. The number of hydrogen-bond acceptors (Lipinski definition) is 5. The summed E-state index contributed by atoms with van der Waals surface area (Å²) >= 11 is 6.05. The largest absolute Gasteiger partial charge is 0.368 e. The van der Waals surface area contributed by atoms with Crippen LogP contribution < -0.4 is 22.0 Å². The Kier molecular flexibility index (Phi) is 6.96. The highest BCUT2D eigenvalue weighted by Gasteiger charge is 2.24. The van der Waals surface area contributed by atoms with Crippen molar-refractivity contribution in [1.29, 1.82) is 0 Å². The van der Waals surface area contributed by atoms with Crippen molar-refractivity contribution < 1.29 is 4.79 Å². The van der Waals surface area contributed by atoms with Crippen molar-refractivity contribution in [3.63, 3.8) is 0 Å². The summed E-state index contributed by atoms with van der Waals surface area (Å²) in [6.45, 7) is 8.56. The Morgan fingerprint density at radius 1 is 0.903 bits per heavy atom. The normalized spacial score (nSPS) is 13.8. The predicted octanol–water partition coefficient (Wildman–Crippen LogP) is 0.546. The molecule has 2 heterocycles. The number of carbonyl (C=O) groups excluding carboxylic acids is 1. The SMILES string of the molecule is C=CCn1c(=O)n(CC=C)c(=O)n(CC(=O)N2CCN(c3cccc(Cl)c3)CC2)c1=O. The lowest BCUT2D eigenvalue weighted by Crippen LogP contribution is -2.56. The van der Waals surface area contributed by atoms with Crippen LogP contribution in [0.25, 0.3) is 0 Å². The number of nitrogens with zero attached hydrogens (tertiary/aromatic N) is 5. The fraction of sp³-hybridized carbons (Fsp3) is 0.333. The van der Waals surface area contributed by atoms with E-state index in [1.165, 1.54) is 12.2 Å². The summed E-state index contributed by atoms with van der Waals surface area (Å²) in [6.07, 6.45) is 2.76. The molecule has 1 aliphatic heterocycles. The number of aromatic nitrogens is 3. The summed E-state index contributed by atoms with van der Waals surface area (Å²) in [6, 6.07) is 7.49. The molecular weight excluding hydrogens is 422 g/mol. The molecule has 0 spiro atoms. The number of halogens is 1. The van der Waals surface area contributed by atoms with Crippen LogP contribution in [0.1, 0.15) is 0 Å². The molecule has 0 saturated carbocycles. The molecule has 1 amide bonds. The van der Waals surface area contributed by atoms with E-state index < -0.39 is 23.6 Å². The fourth-order valence-electron chi connectivity index (χ4n) is 3.51. The average molecular weight is 446 g/mol. The Balaban J connectivity index is 1.80. The summed E-state index contributed by atoms with van der Waals surface area (Å²) < 4.78 is 2.55. The van der Waals surface area contributed by atoms with E-state index in [9.17, 15) is 19.2 Å². The monoisotopic (exact) mass is 445 g/mol. The molecule has 2 aromatic rings. The molecule has 1 aromatic carbocycles. The zero-order valence-electron chi connectivity index (χ0n) is 17.1. The Morgan fingerprint density at radius 3 is 1.97 bits per heavy atom. The minimum atomic E-state index is -0.832. The molecule has 0 aliphatic carbocycles. The van der Waals surface area contributed by atoms with Gasteiger partial charge in [0, 0.05) is 36.9 Å². The van der Waals surface area contributed by atoms with Gasteiger partial charge in [0.25, 0.3) is 0 Å². The van der Waals surface area contributed by atoms with Crippen molar-refractivity contribution in [1.82, 2.24) is 18.6 Å². The summed E-state index contributed by atoms with van der Waals surface area (Å²) in [7, 11) is 0. The van der Waals surface area contributed by atoms with E-state index in [0.717, 1.165) is 19.4 Å². The summed E-state index contributed by atoms with van der Waals surface area (Å²) in [4.78, 5) is 54.4. The van der Waals surface area contributed by atoms with Crippen molar-refractivity contribution >= 4 is 23.2 Å². The summed E-state index contributed by atoms with van der Waals surface area (Å²) in [5.41, 5.74) is -1.45. The van der Waals surface area contributed by atoms with Crippen molar-refractivity contribution in [2.24, 2.45) is 0 Å². The first-order valence-corrected chi connectivity index (χ1v) is 10.2.